The van der Waals surface area contributed by atoms with E-state index in [1.54, 1.807) is 0 Å². The molecule has 1 aromatic heterocycles. The van der Waals surface area contributed by atoms with Crippen LogP contribution < -0.4 is 5.32 Å². The molecule has 1 aliphatic rings. The van der Waals surface area contributed by atoms with Gasteiger partial charge >= 0.3 is 0 Å². The summed E-state index contributed by atoms with van der Waals surface area (Å²) >= 11 is 0. The first kappa shape index (κ1) is 8.69. The lowest BCUT2D eigenvalue weighted by Gasteiger charge is -2.21. The van der Waals surface area contributed by atoms with Crippen LogP contribution in [0.5, 0.6) is 0 Å². The molecule has 2 heterocycles. The maximum absolute atomic E-state index is 4.45. The van der Waals surface area contributed by atoms with E-state index in [1.165, 1.54) is 12.8 Å². The summed E-state index contributed by atoms with van der Waals surface area (Å²) in [4.78, 5) is 4.45. The molecule has 0 saturated carbocycles. The van der Waals surface area contributed by atoms with E-state index in [1.807, 2.05) is 18.7 Å². The van der Waals surface area contributed by atoms with Gasteiger partial charge in [-0.1, -0.05) is 0 Å². The number of aromatic nitrogens is 3. The summed E-state index contributed by atoms with van der Waals surface area (Å²) in [5, 5.41) is 7.65. The molecule has 4 heteroatoms. The first-order valence-electron chi connectivity index (χ1n) is 4.85. The summed E-state index contributed by atoms with van der Waals surface area (Å²) in [6, 6.07) is 0. The Hall–Kier alpha value is -0.900. The molecule has 1 fully saturated rings. The lowest BCUT2D eigenvalue weighted by Crippen LogP contribution is -2.29. The van der Waals surface area contributed by atoms with Gasteiger partial charge in [0.1, 0.15) is 11.6 Å². The van der Waals surface area contributed by atoms with Gasteiger partial charge in [-0.25, -0.2) is 4.98 Å². The average molecular weight is 180 g/mol. The molecule has 13 heavy (non-hydrogen) atoms. The summed E-state index contributed by atoms with van der Waals surface area (Å²) in [6.07, 6.45) is 2.48. The van der Waals surface area contributed by atoms with Crippen molar-refractivity contribution < 1.29 is 0 Å². The molecule has 0 radical (unpaired) electrons. The van der Waals surface area contributed by atoms with E-state index in [9.17, 15) is 0 Å². The lowest BCUT2D eigenvalue weighted by atomic mass is 9.99. The molecule has 0 aliphatic carbocycles. The zero-order chi connectivity index (χ0) is 9.26. The Bertz CT molecular complexity index is 286. The Kier molecular flexibility index (Phi) is 2.31. The highest BCUT2D eigenvalue weighted by Crippen LogP contribution is 2.20. The molecule has 0 spiro atoms. The van der Waals surface area contributed by atoms with E-state index in [4.69, 9.17) is 0 Å². The Labute approximate surface area is 78.4 Å². The zero-order valence-electron chi connectivity index (χ0n) is 8.25. The largest absolute Gasteiger partial charge is 0.316 e. The van der Waals surface area contributed by atoms with Gasteiger partial charge in [-0.15, -0.1) is 0 Å². The predicted molar refractivity (Wildman–Crippen MR) is 50.6 cm³/mol. The molecule has 0 bridgehead atoms. The third-order valence-corrected chi connectivity index (χ3v) is 2.56. The van der Waals surface area contributed by atoms with Gasteiger partial charge in [0.05, 0.1) is 0 Å². The summed E-state index contributed by atoms with van der Waals surface area (Å²) in [5.41, 5.74) is 0. The number of hydrogen-bond donors (Lipinski definition) is 1. The fourth-order valence-electron chi connectivity index (χ4n) is 1.96. The van der Waals surface area contributed by atoms with E-state index in [-0.39, 0.29) is 0 Å². The van der Waals surface area contributed by atoms with E-state index >= 15 is 0 Å². The Morgan fingerprint density at radius 3 is 2.92 bits per heavy atom. The monoisotopic (exact) mass is 180 g/mol. The van der Waals surface area contributed by atoms with Crippen LogP contribution in [-0.2, 0) is 7.05 Å². The highest BCUT2D eigenvalue weighted by atomic mass is 15.3. The average Bonchev–Trinajstić information content (AvgIpc) is 2.47. The minimum Gasteiger partial charge on any atom is -0.316 e. The molecule has 72 valence electrons. The van der Waals surface area contributed by atoms with Crippen molar-refractivity contribution >= 4 is 0 Å². The predicted octanol–water partition coefficient (Wildman–Crippen LogP) is 0.591. The molecule has 1 N–H and O–H groups in total. The van der Waals surface area contributed by atoms with Crippen molar-refractivity contribution in [2.75, 3.05) is 13.1 Å². The topological polar surface area (TPSA) is 42.7 Å². The second-order valence-corrected chi connectivity index (χ2v) is 3.68. The quantitative estimate of drug-likeness (QED) is 0.688. The second kappa shape index (κ2) is 3.46. The second-order valence-electron chi connectivity index (χ2n) is 3.68. The van der Waals surface area contributed by atoms with Crippen molar-refractivity contribution in [3.8, 4) is 0 Å². The first-order valence-corrected chi connectivity index (χ1v) is 4.85. The van der Waals surface area contributed by atoms with Gasteiger partial charge in [-0.2, -0.15) is 5.10 Å². The van der Waals surface area contributed by atoms with Crippen molar-refractivity contribution in [2.24, 2.45) is 7.05 Å². The van der Waals surface area contributed by atoms with Crippen LogP contribution in [0.1, 0.15) is 30.4 Å². The number of hydrogen-bond acceptors (Lipinski definition) is 3. The smallest absolute Gasteiger partial charge is 0.147 e. The highest BCUT2D eigenvalue weighted by Gasteiger charge is 2.19. The van der Waals surface area contributed by atoms with Crippen molar-refractivity contribution in [3.63, 3.8) is 0 Å². The third kappa shape index (κ3) is 1.72. The molecule has 1 saturated heterocycles. The minimum absolute atomic E-state index is 0.556. The van der Waals surface area contributed by atoms with Gasteiger partial charge in [0.2, 0.25) is 0 Å². The number of aryl methyl sites for hydroxylation is 2. The van der Waals surface area contributed by atoms with E-state index < -0.39 is 0 Å². The van der Waals surface area contributed by atoms with Gasteiger partial charge in [-0.3, -0.25) is 4.68 Å². The maximum Gasteiger partial charge on any atom is 0.147 e. The number of nitrogens with one attached hydrogen (secondary N) is 1. The standard InChI is InChI=1S/C9H16N4/c1-7-11-9(13(2)12-7)8-4-3-5-10-6-8/h8,10H,3-6H2,1-2H3/t8-/m1/s1. The maximum atomic E-state index is 4.45. The molecule has 2 rings (SSSR count). The molecular weight excluding hydrogens is 164 g/mol. The SMILES string of the molecule is Cc1nc([C@@H]2CCCNC2)n(C)n1. The van der Waals surface area contributed by atoms with Gasteiger partial charge in [0, 0.05) is 19.5 Å². The van der Waals surface area contributed by atoms with Crippen LogP contribution in [-0.4, -0.2) is 27.9 Å². The molecular formula is C9H16N4. The Balaban J connectivity index is 2.18. The molecule has 1 aromatic rings. The van der Waals surface area contributed by atoms with Gasteiger partial charge in [0.15, 0.2) is 0 Å². The molecule has 0 aromatic carbocycles. The van der Waals surface area contributed by atoms with Crippen molar-refractivity contribution in [3.05, 3.63) is 11.6 Å². The first-order chi connectivity index (χ1) is 6.27. The number of piperidine rings is 1. The van der Waals surface area contributed by atoms with Crippen molar-refractivity contribution in [1.82, 2.24) is 20.1 Å². The highest BCUT2D eigenvalue weighted by molar-refractivity contribution is 5.01. The van der Waals surface area contributed by atoms with Crippen LogP contribution in [0, 0.1) is 6.92 Å². The Morgan fingerprint density at radius 2 is 2.38 bits per heavy atom. The van der Waals surface area contributed by atoms with E-state index in [0.29, 0.717) is 5.92 Å². The lowest BCUT2D eigenvalue weighted by molar-refractivity contribution is 0.434. The van der Waals surface area contributed by atoms with E-state index in [0.717, 1.165) is 24.7 Å². The van der Waals surface area contributed by atoms with Crippen LogP contribution in [0.4, 0.5) is 0 Å². The molecule has 1 atom stereocenters. The number of nitrogens with zero attached hydrogens (tertiary/aromatic N) is 3. The minimum atomic E-state index is 0.556. The molecule has 1 aliphatic heterocycles. The van der Waals surface area contributed by atoms with Crippen LogP contribution in [0.25, 0.3) is 0 Å². The summed E-state index contributed by atoms with van der Waals surface area (Å²) in [5.74, 6) is 2.56. The normalized spacial score (nSPS) is 23.4. The Morgan fingerprint density at radius 1 is 1.54 bits per heavy atom. The van der Waals surface area contributed by atoms with Crippen LogP contribution in [0.2, 0.25) is 0 Å². The van der Waals surface area contributed by atoms with Gasteiger partial charge in [0.25, 0.3) is 0 Å². The van der Waals surface area contributed by atoms with Crippen molar-refractivity contribution in [1.29, 1.82) is 0 Å². The van der Waals surface area contributed by atoms with Gasteiger partial charge < -0.3 is 5.32 Å². The van der Waals surface area contributed by atoms with Gasteiger partial charge in [-0.05, 0) is 26.3 Å². The molecule has 0 unspecified atom stereocenters. The number of rotatable bonds is 1. The van der Waals surface area contributed by atoms with Crippen LogP contribution >= 0.6 is 0 Å². The summed E-state index contributed by atoms with van der Waals surface area (Å²) in [7, 11) is 1.98. The molecule has 0 amide bonds. The third-order valence-electron chi connectivity index (χ3n) is 2.56. The van der Waals surface area contributed by atoms with Crippen LogP contribution in [0.15, 0.2) is 0 Å². The fourth-order valence-corrected chi connectivity index (χ4v) is 1.96. The fraction of sp³-hybridized carbons (Fsp3) is 0.778. The van der Waals surface area contributed by atoms with E-state index in [2.05, 4.69) is 15.4 Å². The zero-order valence-corrected chi connectivity index (χ0v) is 8.25. The van der Waals surface area contributed by atoms with Crippen molar-refractivity contribution in [2.45, 2.75) is 25.7 Å². The summed E-state index contributed by atoms with van der Waals surface area (Å²) < 4.78 is 1.91. The summed E-state index contributed by atoms with van der Waals surface area (Å²) in [6.45, 7) is 4.14. The molecule has 4 nitrogen and oxygen atoms in total. The van der Waals surface area contributed by atoms with Crippen LogP contribution in [0.3, 0.4) is 0 Å².